The molecule has 0 aliphatic heterocycles. The highest BCUT2D eigenvalue weighted by atomic mass is 15.1. The summed E-state index contributed by atoms with van der Waals surface area (Å²) < 4.78 is 0. The molecule has 0 spiro atoms. The van der Waals surface area contributed by atoms with E-state index in [1.165, 1.54) is 88.0 Å². The van der Waals surface area contributed by atoms with E-state index in [1.807, 2.05) is 0 Å². The molecule has 61 heavy (non-hydrogen) atoms. The second-order valence-electron chi connectivity index (χ2n) is 15.6. The Kier molecular flexibility index (Phi) is 9.26. The summed E-state index contributed by atoms with van der Waals surface area (Å²) in [5.74, 6) is 0. The number of anilines is 3. The maximum absolute atomic E-state index is 2.40. The highest BCUT2D eigenvalue weighted by Gasteiger charge is 2.19. The van der Waals surface area contributed by atoms with E-state index in [2.05, 4.69) is 254 Å². The van der Waals surface area contributed by atoms with Gasteiger partial charge in [-0.15, -0.1) is 0 Å². The van der Waals surface area contributed by atoms with Gasteiger partial charge in [0.1, 0.15) is 0 Å². The van der Waals surface area contributed by atoms with E-state index in [1.54, 1.807) is 0 Å². The molecule has 0 saturated carbocycles. The van der Waals surface area contributed by atoms with Crippen molar-refractivity contribution in [2.45, 2.75) is 0 Å². The maximum Gasteiger partial charge on any atom is 0.0540 e. The van der Waals surface area contributed by atoms with Crippen LogP contribution in [0.1, 0.15) is 0 Å². The van der Waals surface area contributed by atoms with Gasteiger partial charge >= 0.3 is 0 Å². The lowest BCUT2D eigenvalue weighted by atomic mass is 9.87. The summed E-state index contributed by atoms with van der Waals surface area (Å²) in [6.45, 7) is 0. The molecule has 11 aromatic rings. The molecule has 0 aliphatic rings. The van der Waals surface area contributed by atoms with Crippen LogP contribution in [0.2, 0.25) is 0 Å². The first kappa shape index (κ1) is 36.1. The fourth-order valence-electron chi connectivity index (χ4n) is 9.21. The second kappa shape index (κ2) is 15.6. The lowest BCUT2D eigenvalue weighted by Gasteiger charge is -2.27. The van der Waals surface area contributed by atoms with Crippen molar-refractivity contribution >= 4 is 49.4 Å². The summed E-state index contributed by atoms with van der Waals surface area (Å²) in [5.41, 5.74) is 15.4. The molecule has 0 saturated heterocycles. The Morgan fingerprint density at radius 2 is 0.607 bits per heavy atom. The maximum atomic E-state index is 2.40. The van der Waals surface area contributed by atoms with Crippen LogP contribution in [0.3, 0.4) is 0 Å². The van der Waals surface area contributed by atoms with Crippen LogP contribution in [0.25, 0.3) is 88.0 Å². The predicted octanol–water partition coefficient (Wildman–Crippen LogP) is 17.0. The van der Waals surface area contributed by atoms with Crippen molar-refractivity contribution in [1.82, 2.24) is 0 Å². The Morgan fingerprint density at radius 3 is 1.20 bits per heavy atom. The van der Waals surface area contributed by atoms with Gasteiger partial charge < -0.3 is 4.90 Å². The summed E-state index contributed by atoms with van der Waals surface area (Å²) in [5, 5.41) is 7.49. The molecule has 0 radical (unpaired) electrons. The Morgan fingerprint density at radius 1 is 0.213 bits per heavy atom. The topological polar surface area (TPSA) is 3.24 Å². The van der Waals surface area contributed by atoms with Crippen LogP contribution < -0.4 is 4.90 Å². The molecule has 0 heterocycles. The largest absolute Gasteiger partial charge is 0.310 e. The third-order valence-corrected chi connectivity index (χ3v) is 12.1. The van der Waals surface area contributed by atoms with E-state index in [0.717, 1.165) is 17.1 Å². The van der Waals surface area contributed by atoms with Crippen LogP contribution in [0.15, 0.2) is 249 Å². The smallest absolute Gasteiger partial charge is 0.0540 e. The first-order valence-corrected chi connectivity index (χ1v) is 21.0. The summed E-state index contributed by atoms with van der Waals surface area (Å²) in [6, 6.07) is 90.3. The van der Waals surface area contributed by atoms with Crippen LogP contribution >= 0.6 is 0 Å². The van der Waals surface area contributed by atoms with Crippen LogP contribution in [-0.4, -0.2) is 0 Å². The van der Waals surface area contributed by atoms with Crippen molar-refractivity contribution in [1.29, 1.82) is 0 Å². The van der Waals surface area contributed by atoms with Gasteiger partial charge in [0.15, 0.2) is 0 Å². The lowest BCUT2D eigenvalue weighted by Crippen LogP contribution is -2.10. The molecular formula is C60H41N. The molecule has 0 N–H and O–H groups in total. The van der Waals surface area contributed by atoms with Crippen LogP contribution in [0.4, 0.5) is 17.1 Å². The average Bonchev–Trinajstić information content (AvgIpc) is 3.35. The first-order valence-electron chi connectivity index (χ1n) is 21.0. The third kappa shape index (κ3) is 6.63. The van der Waals surface area contributed by atoms with Gasteiger partial charge in [0.05, 0.1) is 5.69 Å². The van der Waals surface area contributed by atoms with Gasteiger partial charge in [-0.1, -0.05) is 212 Å². The zero-order valence-corrected chi connectivity index (χ0v) is 33.6. The van der Waals surface area contributed by atoms with Crippen molar-refractivity contribution in [3.63, 3.8) is 0 Å². The Balaban J connectivity index is 1.01. The molecule has 0 fully saturated rings. The average molecular weight is 776 g/mol. The lowest BCUT2D eigenvalue weighted by molar-refractivity contribution is 1.30. The number of benzene rings is 11. The molecule has 1 nitrogen and oxygen atoms in total. The van der Waals surface area contributed by atoms with E-state index in [0.29, 0.717) is 0 Å². The molecule has 0 aliphatic carbocycles. The van der Waals surface area contributed by atoms with E-state index in [4.69, 9.17) is 0 Å². The highest BCUT2D eigenvalue weighted by Crippen LogP contribution is 2.44. The molecule has 0 bridgehead atoms. The van der Waals surface area contributed by atoms with E-state index in [-0.39, 0.29) is 0 Å². The van der Waals surface area contributed by atoms with Crippen LogP contribution in [-0.2, 0) is 0 Å². The number of nitrogens with zero attached hydrogens (tertiary/aromatic N) is 1. The van der Waals surface area contributed by atoms with E-state index >= 15 is 0 Å². The normalized spacial score (nSPS) is 11.3. The van der Waals surface area contributed by atoms with Crippen LogP contribution in [0.5, 0.6) is 0 Å². The van der Waals surface area contributed by atoms with Crippen LogP contribution in [0, 0.1) is 0 Å². The molecule has 0 unspecified atom stereocenters. The van der Waals surface area contributed by atoms with Gasteiger partial charge in [0.2, 0.25) is 0 Å². The van der Waals surface area contributed by atoms with Gasteiger partial charge in [-0.2, -0.15) is 0 Å². The molecule has 11 aromatic carbocycles. The minimum absolute atomic E-state index is 1.10. The number of fused-ring (bicyclic) bond motifs is 4. The Labute approximate surface area is 357 Å². The SMILES string of the molecule is c1ccc(-c2ccccc2-c2ccccc2-c2ccccc2-c2ccc(N(c3ccc(-c4cc5ccccc5c5ccccc45)cc3)c3cccc4ccccc34)cc2)cc1. The zero-order valence-electron chi connectivity index (χ0n) is 33.6. The van der Waals surface area contributed by atoms with Gasteiger partial charge in [-0.25, -0.2) is 0 Å². The fourth-order valence-corrected chi connectivity index (χ4v) is 9.21. The van der Waals surface area contributed by atoms with E-state index < -0.39 is 0 Å². The molecule has 286 valence electrons. The number of rotatable bonds is 8. The van der Waals surface area contributed by atoms with E-state index in [9.17, 15) is 0 Å². The monoisotopic (exact) mass is 775 g/mol. The minimum Gasteiger partial charge on any atom is -0.310 e. The molecule has 0 atom stereocenters. The Hall–Kier alpha value is -8.00. The fraction of sp³-hybridized carbons (Fsp3) is 0. The molecule has 0 aromatic heterocycles. The van der Waals surface area contributed by atoms with Gasteiger partial charge in [-0.3, -0.25) is 0 Å². The quantitative estimate of drug-likeness (QED) is 0.139. The van der Waals surface area contributed by atoms with Crippen molar-refractivity contribution in [3.8, 4) is 55.6 Å². The van der Waals surface area contributed by atoms with Crippen molar-refractivity contribution in [2.24, 2.45) is 0 Å². The standard InChI is InChI=1S/C60H41N/c1-2-17-42(18-3-1)49-22-8-10-26-53(49)56-29-13-14-30-57(56)54-27-11-9-23-50(54)44-33-37-47(38-34-44)61(60-32-16-21-43-19-4-7-25-52(43)60)48-39-35-45(36-40-48)59-41-46-20-5-6-24-51(46)55-28-12-15-31-58(55)59/h1-41H. The predicted molar refractivity (Wildman–Crippen MR) is 261 cm³/mol. The third-order valence-electron chi connectivity index (χ3n) is 12.1. The van der Waals surface area contributed by atoms with Gasteiger partial charge in [0, 0.05) is 16.8 Å². The molecular weight excluding hydrogens is 735 g/mol. The molecule has 11 rings (SSSR count). The van der Waals surface area contributed by atoms with Gasteiger partial charge in [-0.05, 0) is 119 Å². The van der Waals surface area contributed by atoms with Crippen molar-refractivity contribution in [3.05, 3.63) is 249 Å². The highest BCUT2D eigenvalue weighted by molar-refractivity contribution is 6.14. The summed E-state index contributed by atoms with van der Waals surface area (Å²) >= 11 is 0. The molecule has 1 heteroatoms. The summed E-state index contributed by atoms with van der Waals surface area (Å²) in [4.78, 5) is 2.40. The zero-order chi connectivity index (χ0) is 40.5. The van der Waals surface area contributed by atoms with Crippen molar-refractivity contribution < 1.29 is 0 Å². The van der Waals surface area contributed by atoms with Crippen molar-refractivity contribution in [2.75, 3.05) is 4.90 Å². The first-order chi connectivity index (χ1) is 30.3. The Bertz CT molecular complexity index is 3340. The second-order valence-corrected chi connectivity index (χ2v) is 15.6. The van der Waals surface area contributed by atoms with Gasteiger partial charge in [0.25, 0.3) is 0 Å². The molecule has 0 amide bonds. The summed E-state index contributed by atoms with van der Waals surface area (Å²) in [7, 11) is 0. The number of hydrogen-bond donors (Lipinski definition) is 0. The number of hydrogen-bond acceptors (Lipinski definition) is 1. The summed E-state index contributed by atoms with van der Waals surface area (Å²) in [6.07, 6.45) is 0. The minimum atomic E-state index is 1.10.